The Morgan fingerprint density at radius 1 is 1.39 bits per heavy atom. The smallest absolute Gasteiger partial charge is 0.326 e. The fourth-order valence-electron chi connectivity index (χ4n) is 1.74. The number of carboxylic acid groups (broad SMARTS) is 1. The van der Waals surface area contributed by atoms with E-state index >= 15 is 0 Å². The van der Waals surface area contributed by atoms with Crippen LogP contribution in [0.2, 0.25) is 0 Å². The molecule has 3 N–H and O–H groups in total. The van der Waals surface area contributed by atoms with Crippen molar-refractivity contribution in [3.05, 3.63) is 0 Å². The van der Waals surface area contributed by atoms with Gasteiger partial charge in [0, 0.05) is 11.3 Å². The monoisotopic (exact) mass is 274 g/mol. The molecule has 0 spiro atoms. The molecular formula is C12H22N2O3S. The third kappa shape index (κ3) is 4.76. The normalized spacial score (nSPS) is 18.2. The summed E-state index contributed by atoms with van der Waals surface area (Å²) in [5.74, 6) is -0.753. The van der Waals surface area contributed by atoms with Gasteiger partial charge in [-0.2, -0.15) is 11.8 Å². The minimum absolute atomic E-state index is 0.189. The van der Waals surface area contributed by atoms with Crippen LogP contribution in [-0.4, -0.2) is 40.7 Å². The lowest BCUT2D eigenvalue weighted by Crippen LogP contribution is -2.48. The van der Waals surface area contributed by atoms with E-state index < -0.39 is 12.0 Å². The van der Waals surface area contributed by atoms with Crippen molar-refractivity contribution in [2.24, 2.45) is 5.92 Å². The predicted molar refractivity (Wildman–Crippen MR) is 72.9 cm³/mol. The van der Waals surface area contributed by atoms with Crippen molar-refractivity contribution in [3.63, 3.8) is 0 Å². The first-order valence-corrected chi connectivity index (χ1v) is 7.43. The van der Waals surface area contributed by atoms with Gasteiger partial charge in [-0.05, 0) is 31.4 Å². The van der Waals surface area contributed by atoms with Crippen LogP contribution in [0.25, 0.3) is 0 Å². The summed E-state index contributed by atoms with van der Waals surface area (Å²) < 4.78 is 0.189. The van der Waals surface area contributed by atoms with Gasteiger partial charge in [0.25, 0.3) is 0 Å². The molecule has 0 unspecified atom stereocenters. The number of amides is 2. The summed E-state index contributed by atoms with van der Waals surface area (Å²) in [7, 11) is 0. The number of rotatable bonds is 7. The molecule has 0 aromatic heterocycles. The van der Waals surface area contributed by atoms with Gasteiger partial charge in [-0.1, -0.05) is 13.8 Å². The number of nitrogens with one attached hydrogen (secondary N) is 2. The van der Waals surface area contributed by atoms with Crippen molar-refractivity contribution in [1.29, 1.82) is 0 Å². The maximum absolute atomic E-state index is 11.6. The lowest BCUT2D eigenvalue weighted by Gasteiger charge is -2.18. The Bertz CT molecular complexity index is 316. The predicted octanol–water partition coefficient (Wildman–Crippen LogP) is 1.68. The lowest BCUT2D eigenvalue weighted by atomic mass is 10.0. The Kier molecular flexibility index (Phi) is 5.31. The van der Waals surface area contributed by atoms with Crippen molar-refractivity contribution in [2.75, 3.05) is 12.8 Å². The standard InChI is InChI=1S/C12H22N2O3S/c1-8(2)6-9(10(15)16)14-11(17)13-7-12(18-3)4-5-12/h8-9H,4-7H2,1-3H3,(H,15,16)(H2,13,14,17)/t9-/m1/s1. The first-order valence-electron chi connectivity index (χ1n) is 6.21. The maximum atomic E-state index is 11.6. The number of carboxylic acids is 1. The van der Waals surface area contributed by atoms with Gasteiger partial charge in [-0.3, -0.25) is 0 Å². The molecule has 6 heteroatoms. The van der Waals surface area contributed by atoms with Gasteiger partial charge in [0.15, 0.2) is 0 Å². The van der Waals surface area contributed by atoms with Gasteiger partial charge in [-0.25, -0.2) is 9.59 Å². The molecule has 1 atom stereocenters. The molecule has 0 saturated heterocycles. The van der Waals surface area contributed by atoms with Gasteiger partial charge in [-0.15, -0.1) is 0 Å². The molecular weight excluding hydrogens is 252 g/mol. The van der Waals surface area contributed by atoms with Crippen LogP contribution in [-0.2, 0) is 4.79 Å². The quantitative estimate of drug-likeness (QED) is 0.660. The van der Waals surface area contributed by atoms with E-state index in [4.69, 9.17) is 5.11 Å². The first kappa shape index (κ1) is 15.1. The van der Waals surface area contributed by atoms with E-state index in [2.05, 4.69) is 10.6 Å². The Morgan fingerprint density at radius 2 is 2.00 bits per heavy atom. The highest BCUT2D eigenvalue weighted by molar-refractivity contribution is 8.00. The van der Waals surface area contributed by atoms with Crippen LogP contribution in [0.15, 0.2) is 0 Å². The molecule has 0 heterocycles. The van der Waals surface area contributed by atoms with E-state index in [1.165, 1.54) is 0 Å². The summed E-state index contributed by atoms with van der Waals surface area (Å²) in [5, 5.41) is 14.3. The van der Waals surface area contributed by atoms with E-state index in [9.17, 15) is 9.59 Å². The number of thioether (sulfide) groups is 1. The molecule has 0 aromatic carbocycles. The average Bonchev–Trinajstić information content (AvgIpc) is 3.05. The lowest BCUT2D eigenvalue weighted by molar-refractivity contribution is -0.139. The largest absolute Gasteiger partial charge is 0.480 e. The molecule has 2 amide bonds. The highest BCUT2D eigenvalue weighted by Crippen LogP contribution is 2.46. The Hall–Kier alpha value is -0.910. The van der Waals surface area contributed by atoms with Crippen molar-refractivity contribution in [1.82, 2.24) is 10.6 Å². The van der Waals surface area contributed by atoms with Crippen LogP contribution >= 0.6 is 11.8 Å². The fraction of sp³-hybridized carbons (Fsp3) is 0.833. The molecule has 0 aliphatic heterocycles. The highest BCUT2D eigenvalue weighted by atomic mass is 32.2. The number of urea groups is 1. The molecule has 1 aliphatic rings. The topological polar surface area (TPSA) is 78.4 Å². The molecule has 1 saturated carbocycles. The van der Waals surface area contributed by atoms with E-state index in [1.807, 2.05) is 20.1 Å². The summed E-state index contributed by atoms with van der Waals surface area (Å²) in [6.07, 6.45) is 4.70. The molecule has 5 nitrogen and oxygen atoms in total. The minimum atomic E-state index is -0.982. The third-order valence-corrected chi connectivity index (χ3v) is 4.54. The van der Waals surface area contributed by atoms with Gasteiger partial charge < -0.3 is 15.7 Å². The van der Waals surface area contributed by atoms with Crippen LogP contribution in [0.5, 0.6) is 0 Å². The second-order valence-corrected chi connectivity index (χ2v) is 6.51. The number of hydrogen-bond donors (Lipinski definition) is 3. The van der Waals surface area contributed by atoms with Gasteiger partial charge in [0.05, 0.1) is 0 Å². The molecule has 104 valence electrons. The second-order valence-electron chi connectivity index (χ2n) is 5.23. The Balaban J connectivity index is 2.34. The molecule has 18 heavy (non-hydrogen) atoms. The van der Waals surface area contributed by atoms with Crippen LogP contribution in [0.1, 0.15) is 33.1 Å². The van der Waals surface area contributed by atoms with E-state index in [0.717, 1.165) is 12.8 Å². The zero-order valence-corrected chi connectivity index (χ0v) is 12.0. The summed E-state index contributed by atoms with van der Waals surface area (Å²) in [4.78, 5) is 22.6. The Labute approximate surface area is 112 Å². The van der Waals surface area contributed by atoms with E-state index in [0.29, 0.717) is 13.0 Å². The maximum Gasteiger partial charge on any atom is 0.326 e. The summed E-state index contributed by atoms with van der Waals surface area (Å²) >= 11 is 1.76. The number of aliphatic carboxylic acids is 1. The van der Waals surface area contributed by atoms with Crippen molar-refractivity contribution in [3.8, 4) is 0 Å². The first-order chi connectivity index (χ1) is 8.38. The van der Waals surface area contributed by atoms with E-state index in [-0.39, 0.29) is 16.7 Å². The molecule has 1 fully saturated rings. The molecule has 1 aliphatic carbocycles. The number of carbonyl (C=O) groups is 2. The van der Waals surface area contributed by atoms with Crippen molar-refractivity contribution in [2.45, 2.75) is 43.9 Å². The zero-order valence-electron chi connectivity index (χ0n) is 11.2. The average molecular weight is 274 g/mol. The summed E-state index contributed by atoms with van der Waals surface area (Å²) in [5.41, 5.74) is 0. The van der Waals surface area contributed by atoms with Crippen LogP contribution in [0.3, 0.4) is 0 Å². The fourth-order valence-corrected chi connectivity index (χ4v) is 2.46. The summed E-state index contributed by atoms with van der Waals surface area (Å²) in [6.45, 7) is 4.47. The minimum Gasteiger partial charge on any atom is -0.480 e. The van der Waals surface area contributed by atoms with Crippen LogP contribution < -0.4 is 10.6 Å². The highest BCUT2D eigenvalue weighted by Gasteiger charge is 2.42. The van der Waals surface area contributed by atoms with Gasteiger partial charge in [0.1, 0.15) is 6.04 Å². The third-order valence-electron chi connectivity index (χ3n) is 3.12. The van der Waals surface area contributed by atoms with Gasteiger partial charge in [0.2, 0.25) is 0 Å². The molecule has 0 bridgehead atoms. The molecule has 0 aromatic rings. The van der Waals surface area contributed by atoms with Crippen LogP contribution in [0.4, 0.5) is 4.79 Å². The molecule has 1 rings (SSSR count). The van der Waals surface area contributed by atoms with Crippen molar-refractivity contribution < 1.29 is 14.7 Å². The zero-order chi connectivity index (χ0) is 13.8. The van der Waals surface area contributed by atoms with E-state index in [1.54, 1.807) is 11.8 Å². The van der Waals surface area contributed by atoms with Crippen LogP contribution in [0, 0.1) is 5.92 Å². The van der Waals surface area contributed by atoms with Crippen molar-refractivity contribution >= 4 is 23.8 Å². The summed E-state index contributed by atoms with van der Waals surface area (Å²) in [6, 6.07) is -1.20. The molecule has 0 radical (unpaired) electrons. The SMILES string of the molecule is CSC1(CNC(=O)N[C@H](CC(C)C)C(=O)O)CC1. The second kappa shape index (κ2) is 6.31. The number of carbonyl (C=O) groups excluding carboxylic acids is 1. The Morgan fingerprint density at radius 3 is 2.39 bits per heavy atom. The number of hydrogen-bond acceptors (Lipinski definition) is 3. The van der Waals surface area contributed by atoms with Gasteiger partial charge >= 0.3 is 12.0 Å².